The second-order valence-corrected chi connectivity index (χ2v) is 8.73. The molecule has 0 aromatic rings. The van der Waals surface area contributed by atoms with E-state index in [4.69, 9.17) is 0 Å². The van der Waals surface area contributed by atoms with Gasteiger partial charge in [0.1, 0.15) is 0 Å². The third kappa shape index (κ3) is 4.29. The van der Waals surface area contributed by atoms with E-state index in [0.29, 0.717) is 0 Å². The Hall–Kier alpha value is -0.720. The minimum Gasteiger partial charge on any atom is -0.192 e. The highest BCUT2D eigenvalue weighted by molar-refractivity contribution is 9.10. The third-order valence-corrected chi connectivity index (χ3v) is 5.26. The van der Waals surface area contributed by atoms with Crippen molar-refractivity contribution in [2.24, 2.45) is 0 Å². The quantitative estimate of drug-likeness (QED) is 0.146. The molecule has 0 unspecified atom stereocenters. The fourth-order valence-corrected chi connectivity index (χ4v) is 2.43. The molecule has 0 rings (SSSR count). The predicted molar refractivity (Wildman–Crippen MR) is 77.2 cm³/mol. The molecule has 0 heterocycles. The van der Waals surface area contributed by atoms with Crippen LogP contribution in [0.1, 0.15) is 0 Å². The van der Waals surface area contributed by atoms with Crippen LogP contribution < -0.4 is 0 Å². The first-order valence-electron chi connectivity index (χ1n) is 7.66. The molecule has 0 aliphatic heterocycles. The summed E-state index contributed by atoms with van der Waals surface area (Å²) in [7, 11) is 0. The van der Waals surface area contributed by atoms with Crippen LogP contribution in [0.25, 0.3) is 0 Å². The van der Waals surface area contributed by atoms with Gasteiger partial charge in [0.15, 0.2) is 0 Å². The smallest absolute Gasteiger partial charge is 0.192 e. The third-order valence-electron chi connectivity index (χ3n) is 4.26. The van der Waals surface area contributed by atoms with E-state index in [2.05, 4.69) is 0 Å². The van der Waals surface area contributed by atoms with Crippen molar-refractivity contribution >= 4 is 31.9 Å². The number of hydrogen-bond donors (Lipinski definition) is 0. The molecule has 0 atom stereocenters. The zero-order valence-electron chi connectivity index (χ0n) is 15.8. The SMILES string of the molecule is FC(F)(Br)C(F)(F)C(F)(F)C(F)(F)C(F)(F)C(F)(F)C(F)(F)C(F)(F)C(F)(F)C(F)(F)C(F)(F)C(F)(F)Br. The Kier molecular flexibility index (Phi) is 8.72. The molecule has 0 aromatic heterocycles. The van der Waals surface area contributed by atoms with Gasteiger partial charge in [0.2, 0.25) is 0 Å². The summed E-state index contributed by atoms with van der Waals surface area (Å²) in [6.07, 6.45) is 0. The first-order chi connectivity index (χ1) is 15.8. The summed E-state index contributed by atoms with van der Waals surface area (Å²) in [6, 6.07) is 0. The zero-order chi connectivity index (χ0) is 32.0. The minimum absolute atomic E-state index is 0.183. The van der Waals surface area contributed by atoms with Crippen molar-refractivity contribution in [1.82, 2.24) is 0 Å². The lowest BCUT2D eigenvalue weighted by atomic mass is 9.85. The van der Waals surface area contributed by atoms with Crippen molar-refractivity contribution in [1.29, 1.82) is 0 Å². The highest BCUT2D eigenvalue weighted by Crippen LogP contribution is 2.68. The van der Waals surface area contributed by atoms with Crippen molar-refractivity contribution in [3.63, 3.8) is 0 Å². The Morgan fingerprint density at radius 1 is 0.184 bits per heavy atom. The Morgan fingerprint density at radius 2 is 0.263 bits per heavy atom. The monoisotopic (exact) mass is 758 g/mol. The molecule has 0 N–H and O–H groups in total. The molecule has 0 fully saturated rings. The fraction of sp³-hybridized carbons (Fsp3) is 1.00. The highest BCUT2D eigenvalue weighted by Gasteiger charge is 2.99. The standard InChI is InChI=1S/C12Br2F24/c13-11(35,36)9(31,32)7(27,28)5(23,24)3(19,20)1(15,16)2(17,18)4(21,22)6(25,26)8(29,30)10(33,34)12(14,37)38. The summed E-state index contributed by atoms with van der Waals surface area (Å²) < 4.78 is 315. The lowest BCUT2D eigenvalue weighted by molar-refractivity contribution is -0.474. The predicted octanol–water partition coefficient (Wildman–Crippen LogP) is 9.31. The van der Waals surface area contributed by atoms with Gasteiger partial charge >= 0.3 is 68.9 Å². The maximum atomic E-state index is 13.5. The Labute approximate surface area is 206 Å². The molecule has 0 amide bonds. The molecule has 0 aromatic carbocycles. The zero-order valence-corrected chi connectivity index (χ0v) is 19.0. The normalized spacial score (nSPS) is 17.2. The van der Waals surface area contributed by atoms with E-state index in [0.717, 1.165) is 0 Å². The van der Waals surface area contributed by atoms with Crippen LogP contribution in [-0.2, 0) is 0 Å². The first kappa shape index (κ1) is 37.3. The second kappa shape index (κ2) is 8.89. The summed E-state index contributed by atoms with van der Waals surface area (Å²) in [5.74, 6) is -89.5. The number of halogens is 26. The molecule has 0 saturated carbocycles. The summed E-state index contributed by atoms with van der Waals surface area (Å²) in [5, 5.41) is 0. The van der Waals surface area contributed by atoms with Gasteiger partial charge in [-0.15, -0.1) is 0 Å². The van der Waals surface area contributed by atoms with E-state index in [-0.39, 0.29) is 31.9 Å². The van der Waals surface area contributed by atoms with Crippen LogP contribution in [0, 0.1) is 0 Å². The average molecular weight is 760 g/mol. The number of rotatable bonds is 11. The van der Waals surface area contributed by atoms with Crippen molar-refractivity contribution in [2.75, 3.05) is 0 Å². The van der Waals surface area contributed by atoms with Gasteiger partial charge in [0, 0.05) is 0 Å². The van der Waals surface area contributed by atoms with Crippen LogP contribution in [0.5, 0.6) is 0 Å². The summed E-state index contributed by atoms with van der Waals surface area (Å²) in [4.78, 5) is -13.7. The molecular formula is C12Br2F24. The maximum Gasteiger partial charge on any atom is 0.388 e. The molecule has 0 aliphatic rings. The van der Waals surface area contributed by atoms with Crippen LogP contribution in [0.3, 0.4) is 0 Å². The maximum absolute atomic E-state index is 13.5. The highest BCUT2D eigenvalue weighted by atomic mass is 79.9. The topological polar surface area (TPSA) is 0 Å². The molecule has 0 nitrogen and oxygen atoms in total. The van der Waals surface area contributed by atoms with Gasteiger partial charge in [-0.05, 0) is 31.9 Å². The van der Waals surface area contributed by atoms with Crippen LogP contribution >= 0.6 is 31.9 Å². The first-order valence-corrected chi connectivity index (χ1v) is 9.25. The van der Waals surface area contributed by atoms with Crippen molar-refractivity contribution in [3.8, 4) is 0 Å². The second-order valence-electron chi connectivity index (χ2n) is 6.74. The molecule has 0 spiro atoms. The van der Waals surface area contributed by atoms with Crippen molar-refractivity contribution in [3.05, 3.63) is 0 Å². The molecular weight excluding hydrogens is 760 g/mol. The number of hydrogen-bond acceptors (Lipinski definition) is 0. The van der Waals surface area contributed by atoms with Crippen molar-refractivity contribution in [2.45, 2.75) is 68.9 Å². The lowest BCUT2D eigenvalue weighted by Gasteiger charge is -2.45. The van der Waals surface area contributed by atoms with Gasteiger partial charge in [-0.3, -0.25) is 0 Å². The average Bonchev–Trinajstić information content (AvgIpc) is 2.64. The molecule has 0 saturated heterocycles. The molecule has 0 radical (unpaired) electrons. The van der Waals surface area contributed by atoms with Crippen LogP contribution in [0.15, 0.2) is 0 Å². The summed E-state index contributed by atoms with van der Waals surface area (Å²) in [5.41, 5.74) is 0. The van der Waals surface area contributed by atoms with Gasteiger partial charge in [-0.1, -0.05) is 0 Å². The number of alkyl halides is 26. The van der Waals surface area contributed by atoms with E-state index >= 15 is 0 Å². The van der Waals surface area contributed by atoms with Crippen molar-refractivity contribution < 1.29 is 105 Å². The largest absolute Gasteiger partial charge is 0.388 e. The summed E-state index contributed by atoms with van der Waals surface area (Å²) in [6.45, 7) is 0. The van der Waals surface area contributed by atoms with E-state index in [1.165, 1.54) is 0 Å². The van der Waals surface area contributed by atoms with Gasteiger partial charge in [-0.25, -0.2) is 0 Å². The lowest BCUT2D eigenvalue weighted by Crippen LogP contribution is -2.78. The molecule has 0 aliphatic carbocycles. The van der Waals surface area contributed by atoms with E-state index in [1.807, 2.05) is 0 Å². The molecule has 26 heteroatoms. The fourth-order valence-electron chi connectivity index (χ4n) is 1.93. The van der Waals surface area contributed by atoms with Crippen LogP contribution in [0.4, 0.5) is 105 Å². The van der Waals surface area contributed by atoms with Gasteiger partial charge in [-0.2, -0.15) is 105 Å². The van der Waals surface area contributed by atoms with Crippen LogP contribution in [0.2, 0.25) is 0 Å². The molecule has 230 valence electrons. The Morgan fingerprint density at radius 3 is 0.342 bits per heavy atom. The molecule has 38 heavy (non-hydrogen) atoms. The van der Waals surface area contributed by atoms with E-state index in [9.17, 15) is 105 Å². The molecule has 0 bridgehead atoms. The van der Waals surface area contributed by atoms with Gasteiger partial charge in [0.05, 0.1) is 0 Å². The van der Waals surface area contributed by atoms with E-state index in [1.54, 1.807) is 0 Å². The Bertz CT molecular complexity index is 802. The van der Waals surface area contributed by atoms with Gasteiger partial charge < -0.3 is 0 Å². The van der Waals surface area contributed by atoms with Gasteiger partial charge in [0.25, 0.3) is 0 Å². The summed E-state index contributed by atoms with van der Waals surface area (Å²) >= 11 is 0.367. The van der Waals surface area contributed by atoms with E-state index < -0.39 is 68.9 Å². The van der Waals surface area contributed by atoms with Crippen LogP contribution in [-0.4, -0.2) is 68.9 Å². The Balaban J connectivity index is 7.29. The minimum atomic E-state index is -9.46.